The number of aryl methyl sites for hydroxylation is 2. The molecule has 1 heterocycles. The smallest absolute Gasteiger partial charge is 0.253 e. The number of benzene rings is 1. The van der Waals surface area contributed by atoms with E-state index in [4.69, 9.17) is 4.74 Å². The molecule has 0 aliphatic rings. The summed E-state index contributed by atoms with van der Waals surface area (Å²) in [5.41, 5.74) is 3.25. The number of para-hydroxylation sites is 1. The molecular weight excluding hydrogens is 406 g/mol. The molecule has 0 radical (unpaired) electrons. The van der Waals surface area contributed by atoms with E-state index in [9.17, 15) is 4.79 Å². The normalized spacial score (nSPS) is 10.8. The molecule has 1 N–H and O–H groups in total. The van der Waals surface area contributed by atoms with Crippen molar-refractivity contribution in [2.24, 2.45) is 0 Å². The Kier molecular flexibility index (Phi) is 9.69. The zero-order chi connectivity index (χ0) is 21.2. The largest absolute Gasteiger partial charge is 0.375 e. The number of carbonyl (C=O) groups excluding carboxylic acids is 1. The van der Waals surface area contributed by atoms with Crippen molar-refractivity contribution in [1.82, 2.24) is 15.0 Å². The molecule has 9 heteroatoms. The van der Waals surface area contributed by atoms with Gasteiger partial charge in [-0.15, -0.1) is 0 Å². The van der Waals surface area contributed by atoms with Crippen molar-refractivity contribution < 1.29 is 9.53 Å². The highest BCUT2D eigenvalue weighted by Crippen LogP contribution is 2.30. The lowest BCUT2D eigenvalue weighted by Gasteiger charge is -2.27. The van der Waals surface area contributed by atoms with E-state index in [-0.39, 0.29) is 12.5 Å². The monoisotopic (exact) mass is 435 g/mol. The third-order valence-electron chi connectivity index (χ3n) is 4.24. The standard InChI is InChI=1S/C20H29N5O2S2/c1-6-14-10-9-11-15(7-2)17(14)25(16(26)12-27-4)13-29-20-23-18(21-8-3)22-19(24-20)28-5/h9-11H,6-8,12-13H2,1-5H3,(H,21,22,23,24). The molecule has 2 aromatic rings. The maximum atomic E-state index is 12.9. The van der Waals surface area contributed by atoms with E-state index >= 15 is 0 Å². The van der Waals surface area contributed by atoms with Crippen LogP contribution < -0.4 is 10.2 Å². The predicted molar refractivity (Wildman–Crippen MR) is 121 cm³/mol. The maximum Gasteiger partial charge on any atom is 0.253 e. The van der Waals surface area contributed by atoms with E-state index in [2.05, 4.69) is 46.2 Å². The quantitative estimate of drug-likeness (QED) is 0.421. The number of anilines is 2. The zero-order valence-corrected chi connectivity index (χ0v) is 19.3. The Balaban J connectivity index is 2.37. The average Bonchev–Trinajstić information content (AvgIpc) is 2.74. The molecule has 1 aromatic carbocycles. The predicted octanol–water partition coefficient (Wildman–Crippen LogP) is 3.88. The number of nitrogens with zero attached hydrogens (tertiary/aromatic N) is 4. The van der Waals surface area contributed by atoms with Gasteiger partial charge >= 0.3 is 0 Å². The first-order valence-electron chi connectivity index (χ1n) is 9.64. The summed E-state index contributed by atoms with van der Waals surface area (Å²) in [6.07, 6.45) is 3.62. The molecule has 0 saturated carbocycles. The number of ether oxygens (including phenoxy) is 1. The number of nitrogens with one attached hydrogen (secondary N) is 1. The molecule has 0 unspecified atom stereocenters. The number of amides is 1. The summed E-state index contributed by atoms with van der Waals surface area (Å²) in [4.78, 5) is 28.0. The first-order chi connectivity index (χ1) is 14.1. The highest BCUT2D eigenvalue weighted by Gasteiger charge is 2.22. The van der Waals surface area contributed by atoms with Gasteiger partial charge in [-0.05, 0) is 37.1 Å². The number of thioether (sulfide) groups is 2. The first kappa shape index (κ1) is 23.4. The van der Waals surface area contributed by atoms with Gasteiger partial charge in [0, 0.05) is 13.7 Å². The van der Waals surface area contributed by atoms with E-state index in [1.54, 1.807) is 4.90 Å². The summed E-state index contributed by atoms with van der Waals surface area (Å²) >= 11 is 2.88. The van der Waals surface area contributed by atoms with Crippen molar-refractivity contribution in [1.29, 1.82) is 0 Å². The molecule has 29 heavy (non-hydrogen) atoms. The van der Waals surface area contributed by atoms with Crippen molar-refractivity contribution in [2.45, 2.75) is 43.9 Å². The van der Waals surface area contributed by atoms with Gasteiger partial charge in [0.05, 0.1) is 11.6 Å². The molecule has 0 atom stereocenters. The van der Waals surface area contributed by atoms with E-state index in [1.807, 2.05) is 19.2 Å². The minimum absolute atomic E-state index is 0.0255. The van der Waals surface area contributed by atoms with Crippen LogP contribution in [-0.2, 0) is 22.4 Å². The van der Waals surface area contributed by atoms with Crippen LogP contribution in [0.15, 0.2) is 28.5 Å². The highest BCUT2D eigenvalue weighted by molar-refractivity contribution is 7.99. The fraction of sp³-hybridized carbons (Fsp3) is 0.500. The van der Waals surface area contributed by atoms with Crippen LogP contribution in [0.25, 0.3) is 0 Å². The topological polar surface area (TPSA) is 80.2 Å². The second-order valence-electron chi connectivity index (χ2n) is 6.12. The second-order valence-corrected chi connectivity index (χ2v) is 7.80. The molecule has 1 amide bonds. The summed E-state index contributed by atoms with van der Waals surface area (Å²) in [6.45, 7) is 6.95. The Morgan fingerprint density at radius 3 is 2.31 bits per heavy atom. The van der Waals surface area contributed by atoms with Gasteiger partial charge in [0.1, 0.15) is 6.61 Å². The number of carbonyl (C=O) groups is 1. The summed E-state index contributed by atoms with van der Waals surface area (Å²) < 4.78 is 5.14. The van der Waals surface area contributed by atoms with Crippen LogP contribution in [0, 0.1) is 0 Å². The third kappa shape index (κ3) is 6.32. The lowest BCUT2D eigenvalue weighted by Crippen LogP contribution is -2.35. The third-order valence-corrected chi connectivity index (χ3v) is 5.61. The second kappa shape index (κ2) is 12.0. The van der Waals surface area contributed by atoms with Gasteiger partial charge in [-0.2, -0.15) is 15.0 Å². The number of aromatic nitrogens is 3. The Bertz CT molecular complexity index is 797. The molecule has 158 valence electrons. The maximum absolute atomic E-state index is 12.9. The van der Waals surface area contributed by atoms with E-state index < -0.39 is 0 Å². The Morgan fingerprint density at radius 2 is 1.76 bits per heavy atom. The Labute approximate surface area is 181 Å². The average molecular weight is 436 g/mol. The zero-order valence-electron chi connectivity index (χ0n) is 17.7. The van der Waals surface area contributed by atoms with E-state index in [1.165, 1.54) is 30.6 Å². The SMILES string of the molecule is CCNc1nc(SC)nc(SCN(C(=O)COC)c2c(CC)cccc2CC)n1. The molecule has 2 rings (SSSR count). The number of rotatable bonds is 11. The minimum Gasteiger partial charge on any atom is -0.375 e. The fourth-order valence-corrected chi connectivity index (χ4v) is 4.11. The molecule has 0 bridgehead atoms. The number of hydrogen-bond donors (Lipinski definition) is 1. The molecule has 0 fully saturated rings. The van der Waals surface area contributed by atoms with Crippen LogP contribution >= 0.6 is 23.5 Å². The van der Waals surface area contributed by atoms with Crippen LogP contribution in [0.1, 0.15) is 31.9 Å². The van der Waals surface area contributed by atoms with Crippen LogP contribution in [0.4, 0.5) is 11.6 Å². The Morgan fingerprint density at radius 1 is 1.10 bits per heavy atom. The molecule has 0 saturated heterocycles. The molecule has 0 spiro atoms. The van der Waals surface area contributed by atoms with Crippen molar-refractivity contribution in [3.63, 3.8) is 0 Å². The highest BCUT2D eigenvalue weighted by atomic mass is 32.2. The minimum atomic E-state index is -0.0818. The molecule has 0 aliphatic heterocycles. The van der Waals surface area contributed by atoms with Crippen molar-refractivity contribution in [2.75, 3.05) is 42.6 Å². The first-order valence-corrected chi connectivity index (χ1v) is 11.9. The Hall–Kier alpha value is -1.84. The van der Waals surface area contributed by atoms with E-state index in [0.717, 1.165) is 36.2 Å². The summed E-state index contributed by atoms with van der Waals surface area (Å²) in [5, 5.41) is 4.37. The summed E-state index contributed by atoms with van der Waals surface area (Å²) in [7, 11) is 1.54. The van der Waals surface area contributed by atoms with Gasteiger partial charge < -0.3 is 10.1 Å². The van der Waals surface area contributed by atoms with Gasteiger partial charge in [0.25, 0.3) is 5.91 Å². The number of methoxy groups -OCH3 is 1. The summed E-state index contributed by atoms with van der Waals surface area (Å²) in [5.74, 6) is 0.865. The van der Waals surface area contributed by atoms with Gasteiger partial charge in [0.15, 0.2) is 10.3 Å². The van der Waals surface area contributed by atoms with Gasteiger partial charge in [-0.25, -0.2) is 0 Å². The number of hydrogen-bond acceptors (Lipinski definition) is 8. The fourth-order valence-electron chi connectivity index (χ4n) is 2.88. The van der Waals surface area contributed by atoms with Crippen LogP contribution in [0.5, 0.6) is 0 Å². The molecule has 0 aliphatic carbocycles. The van der Waals surface area contributed by atoms with Gasteiger partial charge in [-0.1, -0.05) is 55.6 Å². The van der Waals surface area contributed by atoms with Crippen molar-refractivity contribution in [3.05, 3.63) is 29.3 Å². The molecule has 7 nitrogen and oxygen atoms in total. The molecular formula is C20H29N5O2S2. The van der Waals surface area contributed by atoms with Crippen LogP contribution in [-0.4, -0.2) is 53.3 Å². The molecule has 1 aromatic heterocycles. The van der Waals surface area contributed by atoms with Crippen LogP contribution in [0.2, 0.25) is 0 Å². The summed E-state index contributed by atoms with van der Waals surface area (Å²) in [6, 6.07) is 6.20. The van der Waals surface area contributed by atoms with Crippen molar-refractivity contribution in [3.8, 4) is 0 Å². The lowest BCUT2D eigenvalue weighted by molar-refractivity contribution is -0.121. The van der Waals surface area contributed by atoms with Crippen molar-refractivity contribution >= 4 is 41.1 Å². The van der Waals surface area contributed by atoms with Crippen LogP contribution in [0.3, 0.4) is 0 Å². The van der Waals surface area contributed by atoms with Gasteiger partial charge in [0.2, 0.25) is 5.95 Å². The van der Waals surface area contributed by atoms with Gasteiger partial charge in [-0.3, -0.25) is 9.69 Å². The van der Waals surface area contributed by atoms with E-state index in [0.29, 0.717) is 22.1 Å². The lowest BCUT2D eigenvalue weighted by atomic mass is 10.0.